The largest absolute Gasteiger partial charge is 0.481 e. The Hall–Kier alpha value is -0.860. The van der Waals surface area contributed by atoms with Crippen molar-refractivity contribution in [2.45, 2.75) is 40.5 Å². The van der Waals surface area contributed by atoms with Crippen molar-refractivity contribution < 1.29 is 14.7 Å². The standard InChI is InChI=1S/C11H20O3/c1-5-9(7-12)11(3,4)6-8(2)10(13)14/h7-9H,5-6H2,1-4H3,(H,13,14). The third-order valence-corrected chi connectivity index (χ3v) is 2.86. The first-order chi connectivity index (χ1) is 6.35. The van der Waals surface area contributed by atoms with Gasteiger partial charge in [-0.2, -0.15) is 0 Å². The zero-order valence-corrected chi connectivity index (χ0v) is 9.41. The Morgan fingerprint density at radius 2 is 2.00 bits per heavy atom. The molecule has 0 saturated carbocycles. The smallest absolute Gasteiger partial charge is 0.306 e. The molecule has 0 aromatic heterocycles. The molecule has 0 radical (unpaired) electrons. The molecule has 0 spiro atoms. The molecule has 3 heteroatoms. The number of carbonyl (C=O) groups excluding carboxylic acids is 1. The maximum atomic E-state index is 10.8. The molecule has 0 rings (SSSR count). The van der Waals surface area contributed by atoms with E-state index in [1.807, 2.05) is 20.8 Å². The molecule has 0 aliphatic carbocycles. The van der Waals surface area contributed by atoms with Crippen molar-refractivity contribution in [1.29, 1.82) is 0 Å². The second-order valence-electron chi connectivity index (χ2n) is 4.58. The van der Waals surface area contributed by atoms with E-state index < -0.39 is 5.97 Å². The average molecular weight is 200 g/mol. The number of carbonyl (C=O) groups is 2. The van der Waals surface area contributed by atoms with Crippen molar-refractivity contribution in [1.82, 2.24) is 0 Å². The van der Waals surface area contributed by atoms with Gasteiger partial charge < -0.3 is 9.90 Å². The van der Waals surface area contributed by atoms with Crippen molar-refractivity contribution >= 4 is 12.3 Å². The van der Waals surface area contributed by atoms with E-state index in [4.69, 9.17) is 5.11 Å². The zero-order valence-electron chi connectivity index (χ0n) is 9.41. The van der Waals surface area contributed by atoms with Crippen LogP contribution in [0.1, 0.15) is 40.5 Å². The minimum Gasteiger partial charge on any atom is -0.481 e. The van der Waals surface area contributed by atoms with Crippen LogP contribution < -0.4 is 0 Å². The van der Waals surface area contributed by atoms with Crippen LogP contribution in [0.5, 0.6) is 0 Å². The summed E-state index contributed by atoms with van der Waals surface area (Å²) in [5, 5.41) is 8.78. The van der Waals surface area contributed by atoms with Crippen LogP contribution >= 0.6 is 0 Å². The van der Waals surface area contributed by atoms with Crippen LogP contribution in [0.4, 0.5) is 0 Å². The fourth-order valence-electron chi connectivity index (χ4n) is 1.86. The molecular weight excluding hydrogens is 180 g/mol. The molecule has 14 heavy (non-hydrogen) atoms. The summed E-state index contributed by atoms with van der Waals surface area (Å²) in [7, 11) is 0. The van der Waals surface area contributed by atoms with Gasteiger partial charge in [-0.25, -0.2) is 0 Å². The van der Waals surface area contributed by atoms with Crippen LogP contribution in [0.3, 0.4) is 0 Å². The van der Waals surface area contributed by atoms with Gasteiger partial charge in [0.15, 0.2) is 0 Å². The molecule has 0 fully saturated rings. The summed E-state index contributed by atoms with van der Waals surface area (Å²) >= 11 is 0. The number of hydrogen-bond acceptors (Lipinski definition) is 2. The highest BCUT2D eigenvalue weighted by atomic mass is 16.4. The monoisotopic (exact) mass is 200 g/mol. The Balaban J connectivity index is 4.45. The fraction of sp³-hybridized carbons (Fsp3) is 0.818. The second-order valence-corrected chi connectivity index (χ2v) is 4.58. The number of aldehydes is 1. The summed E-state index contributed by atoms with van der Waals surface area (Å²) in [5.41, 5.74) is -0.228. The van der Waals surface area contributed by atoms with Crippen LogP contribution in [0.2, 0.25) is 0 Å². The predicted molar refractivity (Wildman–Crippen MR) is 55.0 cm³/mol. The Labute approximate surface area is 85.5 Å². The molecular formula is C11H20O3. The number of rotatable bonds is 6. The van der Waals surface area contributed by atoms with Gasteiger partial charge in [0.2, 0.25) is 0 Å². The van der Waals surface area contributed by atoms with Gasteiger partial charge in [0.25, 0.3) is 0 Å². The predicted octanol–water partition coefficient (Wildman–Crippen LogP) is 2.35. The van der Waals surface area contributed by atoms with E-state index >= 15 is 0 Å². The molecule has 82 valence electrons. The maximum Gasteiger partial charge on any atom is 0.306 e. The van der Waals surface area contributed by atoms with Gasteiger partial charge in [0, 0.05) is 5.92 Å². The van der Waals surface area contributed by atoms with Crippen molar-refractivity contribution in [3.63, 3.8) is 0 Å². The lowest BCUT2D eigenvalue weighted by atomic mass is 9.72. The van der Waals surface area contributed by atoms with E-state index in [1.165, 1.54) is 0 Å². The van der Waals surface area contributed by atoms with Crippen LogP contribution in [0.15, 0.2) is 0 Å². The molecule has 1 N–H and O–H groups in total. The molecule has 0 aliphatic heterocycles. The highest BCUT2D eigenvalue weighted by molar-refractivity contribution is 5.69. The van der Waals surface area contributed by atoms with Crippen LogP contribution in [0, 0.1) is 17.3 Å². The topological polar surface area (TPSA) is 54.4 Å². The van der Waals surface area contributed by atoms with Crippen molar-refractivity contribution in [3.8, 4) is 0 Å². The summed E-state index contributed by atoms with van der Waals surface area (Å²) in [6.45, 7) is 7.54. The molecule has 0 aliphatic rings. The molecule has 0 aromatic rings. The summed E-state index contributed by atoms with van der Waals surface area (Å²) in [5.74, 6) is -1.23. The Kier molecular flexibility index (Phi) is 4.81. The first kappa shape index (κ1) is 13.1. The molecule has 0 heterocycles. The Morgan fingerprint density at radius 1 is 1.50 bits per heavy atom. The summed E-state index contributed by atoms with van der Waals surface area (Å²) in [6, 6.07) is 0. The van der Waals surface area contributed by atoms with Crippen molar-refractivity contribution in [2.75, 3.05) is 0 Å². The third kappa shape index (κ3) is 3.48. The van der Waals surface area contributed by atoms with Gasteiger partial charge in [-0.15, -0.1) is 0 Å². The van der Waals surface area contributed by atoms with Gasteiger partial charge in [0.05, 0.1) is 5.92 Å². The second kappa shape index (κ2) is 5.13. The maximum absolute atomic E-state index is 10.8. The summed E-state index contributed by atoms with van der Waals surface area (Å²) < 4.78 is 0. The van der Waals surface area contributed by atoms with E-state index in [1.54, 1.807) is 6.92 Å². The van der Waals surface area contributed by atoms with Gasteiger partial charge in [-0.05, 0) is 18.3 Å². The first-order valence-electron chi connectivity index (χ1n) is 5.03. The van der Waals surface area contributed by atoms with E-state index in [9.17, 15) is 9.59 Å². The van der Waals surface area contributed by atoms with E-state index in [2.05, 4.69) is 0 Å². The van der Waals surface area contributed by atoms with Crippen LogP contribution in [0.25, 0.3) is 0 Å². The number of aliphatic carboxylic acids is 1. The van der Waals surface area contributed by atoms with Crippen molar-refractivity contribution in [3.05, 3.63) is 0 Å². The number of carboxylic acids is 1. The molecule has 2 atom stereocenters. The third-order valence-electron chi connectivity index (χ3n) is 2.86. The van der Waals surface area contributed by atoms with E-state index in [-0.39, 0.29) is 17.3 Å². The molecule has 2 unspecified atom stereocenters. The van der Waals surface area contributed by atoms with Gasteiger partial charge >= 0.3 is 5.97 Å². The highest BCUT2D eigenvalue weighted by Gasteiger charge is 2.31. The lowest BCUT2D eigenvalue weighted by molar-refractivity contribution is -0.142. The van der Waals surface area contributed by atoms with Gasteiger partial charge in [-0.3, -0.25) is 4.79 Å². The molecule has 0 saturated heterocycles. The van der Waals surface area contributed by atoms with Gasteiger partial charge in [0.1, 0.15) is 6.29 Å². The summed E-state index contributed by atoms with van der Waals surface area (Å²) in [4.78, 5) is 21.5. The zero-order chi connectivity index (χ0) is 11.4. The van der Waals surface area contributed by atoms with E-state index in [0.717, 1.165) is 12.7 Å². The normalized spacial score (nSPS) is 16.0. The Morgan fingerprint density at radius 3 is 2.29 bits per heavy atom. The minimum atomic E-state index is -0.793. The van der Waals surface area contributed by atoms with Crippen molar-refractivity contribution in [2.24, 2.45) is 17.3 Å². The molecule has 0 bridgehead atoms. The molecule has 0 aromatic carbocycles. The van der Waals surface area contributed by atoms with Crippen LogP contribution in [-0.4, -0.2) is 17.4 Å². The van der Waals surface area contributed by atoms with Crippen LogP contribution in [-0.2, 0) is 9.59 Å². The molecule has 0 amide bonds. The minimum absolute atomic E-state index is 0.0516. The highest BCUT2D eigenvalue weighted by Crippen LogP contribution is 2.34. The number of hydrogen-bond donors (Lipinski definition) is 1. The molecule has 3 nitrogen and oxygen atoms in total. The Bertz CT molecular complexity index is 209. The lowest BCUT2D eigenvalue weighted by Gasteiger charge is -2.31. The lowest BCUT2D eigenvalue weighted by Crippen LogP contribution is -2.29. The fourth-order valence-corrected chi connectivity index (χ4v) is 1.86. The SMILES string of the molecule is CCC(C=O)C(C)(C)CC(C)C(=O)O. The summed E-state index contributed by atoms with van der Waals surface area (Å²) in [6.07, 6.45) is 2.25. The quantitative estimate of drug-likeness (QED) is 0.669. The average Bonchev–Trinajstić information content (AvgIpc) is 2.04. The van der Waals surface area contributed by atoms with E-state index in [0.29, 0.717) is 6.42 Å². The first-order valence-corrected chi connectivity index (χ1v) is 5.03. The van der Waals surface area contributed by atoms with Gasteiger partial charge in [-0.1, -0.05) is 27.7 Å². The number of carboxylic acid groups (broad SMARTS) is 1.